The lowest BCUT2D eigenvalue weighted by molar-refractivity contribution is 1.62. The van der Waals surface area contributed by atoms with Crippen LogP contribution >= 0.6 is 22.7 Å². The van der Waals surface area contributed by atoms with Crippen molar-refractivity contribution in [2.24, 2.45) is 0 Å². The smallest absolute Gasteiger partial charge is 0.0361 e. The molecule has 0 aliphatic rings. The number of hydrogen-bond donors (Lipinski definition) is 0. The molecule has 0 N–H and O–H groups in total. The van der Waals surface area contributed by atoms with Crippen molar-refractivity contribution in [1.29, 1.82) is 0 Å². The molecule has 10 aromatic carbocycles. The van der Waals surface area contributed by atoms with Gasteiger partial charge in [-0.3, -0.25) is 0 Å². The van der Waals surface area contributed by atoms with E-state index in [2.05, 4.69) is 194 Å². The van der Waals surface area contributed by atoms with Gasteiger partial charge >= 0.3 is 0 Å². The van der Waals surface area contributed by atoms with Crippen LogP contribution in [0.25, 0.3) is 117 Å². The topological polar surface area (TPSA) is 0 Å². The molecule has 56 heavy (non-hydrogen) atoms. The Hall–Kier alpha value is -6.58. The van der Waals surface area contributed by atoms with E-state index in [1.54, 1.807) is 0 Å². The highest BCUT2D eigenvalue weighted by molar-refractivity contribution is 7.26. The Bertz CT molecular complexity index is 3280. The van der Waals surface area contributed by atoms with E-state index in [0.29, 0.717) is 0 Å². The second kappa shape index (κ2) is 12.5. The number of rotatable bonds is 4. The van der Waals surface area contributed by atoms with E-state index in [9.17, 15) is 0 Å². The molecular formula is C54H32S2. The van der Waals surface area contributed by atoms with Gasteiger partial charge < -0.3 is 0 Å². The maximum Gasteiger partial charge on any atom is 0.0361 e. The van der Waals surface area contributed by atoms with Gasteiger partial charge in [0.05, 0.1) is 0 Å². The molecule has 0 spiro atoms. The Balaban J connectivity index is 1.04. The molecule has 0 radical (unpaired) electrons. The fourth-order valence-corrected chi connectivity index (χ4v) is 11.5. The zero-order valence-electron chi connectivity index (χ0n) is 30.3. The molecule has 0 saturated heterocycles. The molecule has 12 rings (SSSR count). The lowest BCUT2D eigenvalue weighted by atomic mass is 9.89. The normalized spacial score (nSPS) is 11.9. The van der Waals surface area contributed by atoms with E-state index < -0.39 is 0 Å². The minimum absolute atomic E-state index is 1.24. The van der Waals surface area contributed by atoms with Crippen LogP contribution in [-0.4, -0.2) is 0 Å². The third-order valence-corrected chi connectivity index (χ3v) is 13.9. The lowest BCUT2D eigenvalue weighted by Crippen LogP contribution is -1.88. The molecule has 0 atom stereocenters. The van der Waals surface area contributed by atoms with Crippen LogP contribution in [0.5, 0.6) is 0 Å². The van der Waals surface area contributed by atoms with Crippen molar-refractivity contribution >= 4 is 95.3 Å². The molecular weight excluding hydrogens is 713 g/mol. The molecule has 2 heterocycles. The summed E-state index contributed by atoms with van der Waals surface area (Å²) in [6.07, 6.45) is 0. The number of benzene rings is 10. The van der Waals surface area contributed by atoms with E-state index >= 15 is 0 Å². The van der Waals surface area contributed by atoms with Gasteiger partial charge in [-0.1, -0.05) is 170 Å². The first kappa shape index (κ1) is 31.7. The van der Waals surface area contributed by atoms with Gasteiger partial charge in [-0.15, -0.1) is 22.7 Å². The van der Waals surface area contributed by atoms with E-state index in [0.717, 1.165) is 0 Å². The van der Waals surface area contributed by atoms with Crippen LogP contribution in [0.4, 0.5) is 0 Å². The summed E-state index contributed by atoms with van der Waals surface area (Å²) in [7, 11) is 0. The Morgan fingerprint density at radius 1 is 0.250 bits per heavy atom. The van der Waals surface area contributed by atoms with E-state index in [1.165, 1.54) is 117 Å². The van der Waals surface area contributed by atoms with E-state index in [-0.39, 0.29) is 0 Å². The fourth-order valence-electron chi connectivity index (χ4n) is 9.15. The summed E-state index contributed by atoms with van der Waals surface area (Å²) >= 11 is 3.81. The zero-order valence-corrected chi connectivity index (χ0v) is 31.9. The van der Waals surface area contributed by atoms with Crippen LogP contribution in [0.1, 0.15) is 0 Å². The average Bonchev–Trinajstić information content (AvgIpc) is 3.84. The highest BCUT2D eigenvalue weighted by Gasteiger charge is 2.18. The molecule has 0 unspecified atom stereocenters. The quantitative estimate of drug-likeness (QED) is 0.168. The third-order valence-electron chi connectivity index (χ3n) is 11.7. The first-order valence-electron chi connectivity index (χ1n) is 19.2. The fraction of sp³-hybridized carbons (Fsp3) is 0. The standard InChI is InChI=1S/C54H32S2/c1-3-11-33(12-4-1)41-23-19-35-15-7-9-17-39(35)51(41)37-21-25-45-49(31-37)55-47-29-27-44-43(53(45)47)28-30-48-54(44)46-26-22-38(32-50(46)56-48)52-40-18-10-8-16-36(40)20-24-42(52)34-13-5-2-6-14-34/h1-32H. The number of thiophene rings is 2. The van der Waals surface area contributed by atoms with Crippen LogP contribution in [0, 0.1) is 0 Å². The van der Waals surface area contributed by atoms with Crippen molar-refractivity contribution < 1.29 is 0 Å². The van der Waals surface area contributed by atoms with Crippen LogP contribution in [-0.2, 0) is 0 Å². The van der Waals surface area contributed by atoms with Gasteiger partial charge in [-0.2, -0.15) is 0 Å². The highest BCUT2D eigenvalue weighted by Crippen LogP contribution is 2.48. The van der Waals surface area contributed by atoms with Crippen molar-refractivity contribution in [3.8, 4) is 44.5 Å². The second-order valence-electron chi connectivity index (χ2n) is 14.7. The molecule has 0 amide bonds. The summed E-state index contributed by atoms with van der Waals surface area (Å²) in [5.41, 5.74) is 10.1. The second-order valence-corrected chi connectivity index (χ2v) is 16.9. The zero-order chi connectivity index (χ0) is 36.7. The minimum Gasteiger partial charge on any atom is -0.135 e. The van der Waals surface area contributed by atoms with Gasteiger partial charge in [0, 0.05) is 40.3 Å². The summed E-state index contributed by atoms with van der Waals surface area (Å²) in [5, 5.41) is 13.1. The Kier molecular flexibility index (Phi) is 7.07. The molecule has 0 aliphatic heterocycles. The number of hydrogen-bond acceptors (Lipinski definition) is 2. The molecule has 2 heteroatoms. The van der Waals surface area contributed by atoms with E-state index in [4.69, 9.17) is 0 Å². The minimum atomic E-state index is 1.24. The van der Waals surface area contributed by atoms with Crippen molar-refractivity contribution in [2.45, 2.75) is 0 Å². The molecule has 0 nitrogen and oxygen atoms in total. The van der Waals surface area contributed by atoms with Crippen LogP contribution in [0.15, 0.2) is 194 Å². The molecule has 0 saturated carbocycles. The monoisotopic (exact) mass is 744 g/mol. The third kappa shape index (κ3) is 4.83. The van der Waals surface area contributed by atoms with Gasteiger partial charge in [-0.25, -0.2) is 0 Å². The van der Waals surface area contributed by atoms with Crippen LogP contribution in [0.3, 0.4) is 0 Å². The molecule has 12 aromatic rings. The van der Waals surface area contributed by atoms with Crippen molar-refractivity contribution in [2.75, 3.05) is 0 Å². The molecule has 0 fully saturated rings. The Labute approximate surface area is 332 Å². The molecule has 260 valence electrons. The van der Waals surface area contributed by atoms with Crippen molar-refractivity contribution in [3.63, 3.8) is 0 Å². The average molecular weight is 745 g/mol. The summed E-state index contributed by atoms with van der Waals surface area (Å²) in [6.45, 7) is 0. The maximum absolute atomic E-state index is 2.43. The van der Waals surface area contributed by atoms with Crippen molar-refractivity contribution in [1.82, 2.24) is 0 Å². The van der Waals surface area contributed by atoms with Gasteiger partial charge in [0.25, 0.3) is 0 Å². The largest absolute Gasteiger partial charge is 0.135 e. The molecule has 2 aromatic heterocycles. The Morgan fingerprint density at radius 2 is 0.661 bits per heavy atom. The summed E-state index contributed by atoms with van der Waals surface area (Å²) < 4.78 is 5.30. The van der Waals surface area contributed by atoms with Gasteiger partial charge in [-0.05, 0) is 101 Å². The predicted octanol–water partition coefficient (Wildman–Crippen LogP) is 16.5. The van der Waals surface area contributed by atoms with Crippen LogP contribution in [0.2, 0.25) is 0 Å². The summed E-state index contributed by atoms with van der Waals surface area (Å²) in [5.74, 6) is 0. The van der Waals surface area contributed by atoms with Gasteiger partial charge in [0.1, 0.15) is 0 Å². The summed E-state index contributed by atoms with van der Waals surface area (Å²) in [4.78, 5) is 0. The van der Waals surface area contributed by atoms with Gasteiger partial charge in [0.15, 0.2) is 0 Å². The SMILES string of the molecule is c1ccc(-c2ccc3ccccc3c2-c2ccc3c(c2)sc2ccc4c(ccc5sc6cc(-c7c(-c8ccccc8)ccc8ccccc78)ccc6c54)c23)cc1. The Morgan fingerprint density at radius 3 is 1.12 bits per heavy atom. The van der Waals surface area contributed by atoms with E-state index in [1.807, 2.05) is 22.7 Å². The first-order chi connectivity index (χ1) is 27.8. The van der Waals surface area contributed by atoms with Crippen LogP contribution < -0.4 is 0 Å². The van der Waals surface area contributed by atoms with Crippen molar-refractivity contribution in [3.05, 3.63) is 194 Å². The number of fused-ring (bicyclic) bond motifs is 11. The molecule has 0 bridgehead atoms. The summed E-state index contributed by atoms with van der Waals surface area (Å²) in [6, 6.07) is 72.0. The highest BCUT2D eigenvalue weighted by atomic mass is 32.1. The maximum atomic E-state index is 2.43. The predicted molar refractivity (Wildman–Crippen MR) is 246 cm³/mol. The molecule has 0 aliphatic carbocycles. The first-order valence-corrected chi connectivity index (χ1v) is 20.8. The van der Waals surface area contributed by atoms with Gasteiger partial charge in [0.2, 0.25) is 0 Å². The lowest BCUT2D eigenvalue weighted by Gasteiger charge is -2.14.